The summed E-state index contributed by atoms with van der Waals surface area (Å²) in [6, 6.07) is 21.5. The Morgan fingerprint density at radius 3 is 1.36 bits per heavy atom. The topological polar surface area (TPSA) is 164 Å². The van der Waals surface area contributed by atoms with Crippen LogP contribution in [0.5, 0.6) is 17.2 Å². The number of sulfone groups is 1. The number of benzene rings is 3. The highest BCUT2D eigenvalue weighted by Gasteiger charge is 2.38. The van der Waals surface area contributed by atoms with Gasteiger partial charge < -0.3 is 28.7 Å². The van der Waals surface area contributed by atoms with Crippen molar-refractivity contribution < 1.29 is 55.1 Å². The minimum atomic E-state index is -4.93. The number of hydrogen-bond donors (Lipinski definition) is 2. The number of hydrogen-bond acceptors (Lipinski definition) is 10. The standard InChI is InChI=1S/C27H34O12P2S/c1-34-24-11-5-21(6-12-24)27(22-7-13-25(35-2)14-8-22,23-9-15-26(36-3)16-10-23)37-17-19-42(32,33)20-18-38-41(30,31)39-40(4,28)29/h5-16H,17-20H2,1-4H3,(H,28,29)(H,30,31). The van der Waals surface area contributed by atoms with Gasteiger partial charge in [-0.3, -0.25) is 9.09 Å². The van der Waals surface area contributed by atoms with E-state index < -0.39 is 49.0 Å². The van der Waals surface area contributed by atoms with Gasteiger partial charge in [0.15, 0.2) is 9.84 Å². The summed E-state index contributed by atoms with van der Waals surface area (Å²) in [7, 11) is -8.51. The quantitative estimate of drug-likeness (QED) is 0.167. The van der Waals surface area contributed by atoms with Gasteiger partial charge in [0.2, 0.25) is 0 Å². The summed E-state index contributed by atoms with van der Waals surface area (Å²) in [4.78, 5) is 18.7. The second-order valence-corrected chi connectivity index (χ2v) is 14.8. The van der Waals surface area contributed by atoms with Gasteiger partial charge in [0.1, 0.15) is 22.8 Å². The molecular formula is C27H34O12P2S. The SMILES string of the molecule is COc1ccc(C(OCCS(=O)(=O)CCOP(=O)(O)OP(C)(=O)O)(c2ccc(OC)cc2)c2ccc(OC)cc2)cc1. The molecule has 0 saturated heterocycles. The molecule has 0 aromatic heterocycles. The van der Waals surface area contributed by atoms with Crippen LogP contribution < -0.4 is 14.2 Å². The van der Waals surface area contributed by atoms with Crippen LogP contribution in [0, 0.1) is 0 Å². The Morgan fingerprint density at radius 1 is 0.667 bits per heavy atom. The zero-order chi connectivity index (χ0) is 31.0. The van der Waals surface area contributed by atoms with E-state index in [0.29, 0.717) is 40.6 Å². The third-order valence-corrected chi connectivity index (χ3v) is 10.2. The molecule has 3 aromatic carbocycles. The van der Waals surface area contributed by atoms with Crippen molar-refractivity contribution in [2.45, 2.75) is 5.60 Å². The highest BCUT2D eigenvalue weighted by atomic mass is 32.2. The molecular weight excluding hydrogens is 610 g/mol. The molecule has 12 nitrogen and oxygen atoms in total. The van der Waals surface area contributed by atoms with Crippen LogP contribution in [0.3, 0.4) is 0 Å². The largest absolute Gasteiger partial charge is 0.497 e. The van der Waals surface area contributed by atoms with Crippen molar-refractivity contribution in [1.29, 1.82) is 0 Å². The smallest absolute Gasteiger partial charge is 0.479 e. The van der Waals surface area contributed by atoms with Crippen LogP contribution in [0.4, 0.5) is 0 Å². The fraction of sp³-hybridized carbons (Fsp3) is 0.333. The fourth-order valence-electron chi connectivity index (χ4n) is 4.15. The summed E-state index contributed by atoms with van der Waals surface area (Å²) >= 11 is 0. The highest BCUT2D eigenvalue weighted by Crippen LogP contribution is 2.57. The van der Waals surface area contributed by atoms with Crippen molar-refractivity contribution in [3.8, 4) is 17.2 Å². The van der Waals surface area contributed by atoms with Crippen LogP contribution in [0.2, 0.25) is 0 Å². The monoisotopic (exact) mass is 644 g/mol. The molecule has 0 aliphatic rings. The maximum absolute atomic E-state index is 12.8. The van der Waals surface area contributed by atoms with Crippen molar-refractivity contribution in [2.24, 2.45) is 0 Å². The molecule has 230 valence electrons. The molecule has 42 heavy (non-hydrogen) atoms. The van der Waals surface area contributed by atoms with E-state index in [-0.39, 0.29) is 6.61 Å². The van der Waals surface area contributed by atoms with Gasteiger partial charge >= 0.3 is 15.4 Å². The van der Waals surface area contributed by atoms with Crippen molar-refractivity contribution in [1.82, 2.24) is 0 Å². The van der Waals surface area contributed by atoms with E-state index in [1.165, 1.54) is 0 Å². The maximum atomic E-state index is 12.8. The molecule has 0 bridgehead atoms. The van der Waals surface area contributed by atoms with Gasteiger partial charge in [-0.15, -0.1) is 0 Å². The zero-order valence-corrected chi connectivity index (χ0v) is 26.1. The maximum Gasteiger partial charge on any atom is 0.479 e. The minimum Gasteiger partial charge on any atom is -0.497 e. The van der Waals surface area contributed by atoms with Gasteiger partial charge in [-0.25, -0.2) is 17.3 Å². The van der Waals surface area contributed by atoms with E-state index >= 15 is 0 Å². The summed E-state index contributed by atoms with van der Waals surface area (Å²) in [5, 5.41) is 0. The van der Waals surface area contributed by atoms with Gasteiger partial charge in [0, 0.05) is 6.66 Å². The normalized spacial score (nSPS) is 14.9. The molecule has 0 heterocycles. The van der Waals surface area contributed by atoms with E-state index in [4.69, 9.17) is 23.8 Å². The number of ether oxygens (including phenoxy) is 4. The lowest BCUT2D eigenvalue weighted by Gasteiger charge is -2.36. The summed E-state index contributed by atoms with van der Waals surface area (Å²) in [6.45, 7) is -0.314. The first-order valence-corrected chi connectivity index (χ1v) is 17.8. The van der Waals surface area contributed by atoms with Crippen LogP contribution >= 0.6 is 15.4 Å². The number of rotatable bonds is 16. The molecule has 3 aromatic rings. The summed E-state index contributed by atoms with van der Waals surface area (Å²) in [5.74, 6) is 0.717. The van der Waals surface area contributed by atoms with Crippen LogP contribution in [0.15, 0.2) is 72.8 Å². The predicted molar refractivity (Wildman–Crippen MR) is 156 cm³/mol. The number of phosphoric ester groups is 1. The highest BCUT2D eigenvalue weighted by molar-refractivity contribution is 7.91. The Hall–Kier alpha value is -2.73. The Balaban J connectivity index is 1.94. The third kappa shape index (κ3) is 9.13. The van der Waals surface area contributed by atoms with Gasteiger partial charge in [-0.1, -0.05) is 36.4 Å². The Kier molecular flexibility index (Phi) is 11.4. The van der Waals surface area contributed by atoms with E-state index in [1.807, 2.05) is 36.4 Å². The van der Waals surface area contributed by atoms with E-state index in [1.54, 1.807) is 57.7 Å². The predicted octanol–water partition coefficient (Wildman–Crippen LogP) is 4.38. The van der Waals surface area contributed by atoms with Gasteiger partial charge in [-0.05, 0) is 53.1 Å². The van der Waals surface area contributed by atoms with Gasteiger partial charge in [-0.2, -0.15) is 0 Å². The summed E-state index contributed by atoms with van der Waals surface area (Å²) < 4.78 is 79.9. The van der Waals surface area contributed by atoms with E-state index in [0.717, 1.165) is 0 Å². The lowest BCUT2D eigenvalue weighted by atomic mass is 9.80. The molecule has 2 unspecified atom stereocenters. The van der Waals surface area contributed by atoms with Crippen molar-refractivity contribution in [3.63, 3.8) is 0 Å². The average Bonchev–Trinajstić information content (AvgIpc) is 2.94. The Labute approximate surface area is 245 Å². The van der Waals surface area contributed by atoms with Crippen molar-refractivity contribution in [2.75, 3.05) is 52.7 Å². The summed E-state index contributed by atoms with van der Waals surface area (Å²) in [6.07, 6.45) is 0. The van der Waals surface area contributed by atoms with Crippen LogP contribution in [0.25, 0.3) is 0 Å². The lowest BCUT2D eigenvalue weighted by Crippen LogP contribution is -2.35. The number of methoxy groups -OCH3 is 3. The van der Waals surface area contributed by atoms with Gasteiger partial charge in [0.05, 0.1) is 46.0 Å². The first-order valence-electron chi connectivity index (χ1n) is 12.5. The Bertz CT molecular complexity index is 1390. The molecule has 2 atom stereocenters. The number of phosphoric acid groups is 1. The molecule has 0 amide bonds. The summed E-state index contributed by atoms with van der Waals surface area (Å²) in [5.41, 5.74) is 0.775. The van der Waals surface area contributed by atoms with Gasteiger partial charge in [0.25, 0.3) is 0 Å². The van der Waals surface area contributed by atoms with Crippen LogP contribution in [-0.2, 0) is 38.1 Å². The third-order valence-electron chi connectivity index (χ3n) is 6.11. The first kappa shape index (κ1) is 33.8. The molecule has 3 rings (SSSR count). The molecule has 0 radical (unpaired) electrons. The van der Waals surface area contributed by atoms with E-state index in [9.17, 15) is 22.4 Å². The molecule has 0 saturated carbocycles. The second-order valence-electron chi connectivity index (χ2n) is 9.05. The van der Waals surface area contributed by atoms with Crippen molar-refractivity contribution >= 4 is 25.3 Å². The Morgan fingerprint density at radius 2 is 1.02 bits per heavy atom. The second kappa shape index (κ2) is 14.2. The molecule has 0 aliphatic heterocycles. The van der Waals surface area contributed by atoms with Crippen LogP contribution in [0.1, 0.15) is 16.7 Å². The molecule has 0 fully saturated rings. The van der Waals surface area contributed by atoms with Crippen molar-refractivity contribution in [3.05, 3.63) is 89.5 Å². The molecule has 0 spiro atoms. The van der Waals surface area contributed by atoms with Crippen LogP contribution in [-0.4, -0.2) is 70.9 Å². The minimum absolute atomic E-state index is 0.277. The zero-order valence-electron chi connectivity index (χ0n) is 23.5. The lowest BCUT2D eigenvalue weighted by molar-refractivity contribution is 0.0226. The molecule has 0 aliphatic carbocycles. The average molecular weight is 645 g/mol. The fourth-order valence-corrected chi connectivity index (χ4v) is 7.19. The molecule has 15 heteroatoms. The molecule has 2 N–H and O–H groups in total. The first-order chi connectivity index (χ1) is 19.7. The van der Waals surface area contributed by atoms with E-state index in [2.05, 4.69) is 8.83 Å².